The molecule has 5 nitrogen and oxygen atoms in total. The molecule has 0 saturated carbocycles. The normalized spacial score (nSPS) is 10.1. The van der Waals surface area contributed by atoms with Gasteiger partial charge in [0, 0.05) is 18.0 Å². The number of rotatable bonds is 2. The molecule has 0 radical (unpaired) electrons. The Morgan fingerprint density at radius 1 is 1.22 bits per heavy atom. The van der Waals surface area contributed by atoms with Gasteiger partial charge in [0.2, 0.25) is 0 Å². The lowest BCUT2D eigenvalue weighted by molar-refractivity contribution is 0.0601. The van der Waals surface area contributed by atoms with E-state index in [0.29, 0.717) is 11.3 Å². The van der Waals surface area contributed by atoms with Crippen LogP contribution in [0, 0.1) is 0 Å². The lowest BCUT2D eigenvalue weighted by atomic mass is 10.2. The lowest BCUT2D eigenvalue weighted by Gasteiger charge is -2.06. The van der Waals surface area contributed by atoms with Crippen LogP contribution in [-0.2, 0) is 4.74 Å². The highest BCUT2D eigenvalue weighted by atomic mass is 16.5. The van der Waals surface area contributed by atoms with Crippen LogP contribution in [0.2, 0.25) is 0 Å². The van der Waals surface area contributed by atoms with Crippen LogP contribution in [0.3, 0.4) is 0 Å². The summed E-state index contributed by atoms with van der Waals surface area (Å²) in [5.74, 6) is -0.512. The number of ether oxygens (including phenoxy) is 1. The van der Waals surface area contributed by atoms with Crippen LogP contribution in [0.4, 0.5) is 0 Å². The maximum atomic E-state index is 11.6. The Hall–Kier alpha value is -2.56. The molecule has 2 rings (SSSR count). The molecular weight excluding hydrogens is 234 g/mol. The van der Waals surface area contributed by atoms with Crippen molar-refractivity contribution in [2.24, 2.45) is 0 Å². The quantitative estimate of drug-likeness (QED) is 0.810. The van der Waals surface area contributed by atoms with E-state index in [0.717, 1.165) is 6.07 Å². The van der Waals surface area contributed by atoms with Gasteiger partial charge in [0.15, 0.2) is 0 Å². The van der Waals surface area contributed by atoms with Gasteiger partial charge in [-0.25, -0.2) is 4.79 Å². The summed E-state index contributed by atoms with van der Waals surface area (Å²) in [6.45, 7) is 0. The second-order valence-corrected chi connectivity index (χ2v) is 3.63. The second kappa shape index (κ2) is 4.75. The molecule has 0 atom stereocenters. The largest absolute Gasteiger partial charge is 0.508 e. The Balaban J connectivity index is 2.40. The molecule has 0 aliphatic carbocycles. The zero-order valence-electron chi connectivity index (χ0n) is 9.66. The average Bonchev–Trinajstić information content (AvgIpc) is 2.38. The molecule has 0 amide bonds. The van der Waals surface area contributed by atoms with E-state index in [2.05, 4.69) is 4.74 Å². The van der Waals surface area contributed by atoms with Crippen LogP contribution in [-0.4, -0.2) is 22.8 Å². The fourth-order valence-electron chi connectivity index (χ4n) is 1.56. The van der Waals surface area contributed by atoms with Crippen molar-refractivity contribution in [3.8, 4) is 11.4 Å². The number of esters is 1. The van der Waals surface area contributed by atoms with Crippen molar-refractivity contribution >= 4 is 5.97 Å². The highest BCUT2D eigenvalue weighted by molar-refractivity contribution is 5.89. The molecule has 1 N–H and O–H groups in total. The van der Waals surface area contributed by atoms with Gasteiger partial charge in [-0.3, -0.25) is 9.36 Å². The van der Waals surface area contributed by atoms with Crippen LogP contribution in [0.15, 0.2) is 47.4 Å². The highest BCUT2D eigenvalue weighted by Crippen LogP contribution is 2.10. The van der Waals surface area contributed by atoms with Crippen molar-refractivity contribution in [2.45, 2.75) is 0 Å². The van der Waals surface area contributed by atoms with Gasteiger partial charge >= 0.3 is 5.97 Å². The fourth-order valence-corrected chi connectivity index (χ4v) is 1.56. The number of aromatic nitrogens is 1. The van der Waals surface area contributed by atoms with Crippen molar-refractivity contribution in [3.63, 3.8) is 0 Å². The van der Waals surface area contributed by atoms with E-state index in [-0.39, 0.29) is 11.3 Å². The van der Waals surface area contributed by atoms with Gasteiger partial charge in [-0.2, -0.15) is 0 Å². The molecule has 0 unspecified atom stereocenters. The molecule has 0 saturated heterocycles. The number of nitrogens with zero attached hydrogens (tertiary/aromatic N) is 1. The Kier molecular flexibility index (Phi) is 3.14. The number of hydrogen-bond acceptors (Lipinski definition) is 4. The Morgan fingerprint density at radius 3 is 2.44 bits per heavy atom. The molecule has 1 heterocycles. The molecule has 0 bridgehead atoms. The molecule has 1 aromatic carbocycles. The average molecular weight is 245 g/mol. The maximum absolute atomic E-state index is 11.6. The number of aromatic hydroxyl groups is 1. The summed E-state index contributed by atoms with van der Waals surface area (Å²) in [6, 6.07) is 8.93. The lowest BCUT2D eigenvalue weighted by Crippen LogP contribution is -2.15. The van der Waals surface area contributed by atoms with Crippen LogP contribution in [0.1, 0.15) is 10.4 Å². The van der Waals surface area contributed by atoms with E-state index < -0.39 is 5.97 Å². The van der Waals surface area contributed by atoms with Crippen molar-refractivity contribution in [1.29, 1.82) is 0 Å². The third kappa shape index (κ3) is 2.24. The number of pyridine rings is 1. The minimum Gasteiger partial charge on any atom is -0.508 e. The molecule has 2 aromatic rings. The van der Waals surface area contributed by atoms with Crippen LogP contribution in [0.25, 0.3) is 5.69 Å². The molecule has 92 valence electrons. The molecule has 0 spiro atoms. The number of carbonyl (C=O) groups excluding carboxylic acids is 1. The predicted octanol–water partition coefficient (Wildman–Crippen LogP) is 1.33. The van der Waals surface area contributed by atoms with Gasteiger partial charge in [-0.1, -0.05) is 0 Å². The van der Waals surface area contributed by atoms with Crippen LogP contribution in [0.5, 0.6) is 5.75 Å². The van der Waals surface area contributed by atoms with Crippen molar-refractivity contribution in [2.75, 3.05) is 7.11 Å². The Morgan fingerprint density at radius 2 is 1.89 bits per heavy atom. The summed E-state index contributed by atoms with van der Waals surface area (Å²) >= 11 is 0. The van der Waals surface area contributed by atoms with Crippen molar-refractivity contribution in [1.82, 2.24) is 4.57 Å². The number of methoxy groups -OCH3 is 1. The SMILES string of the molecule is COC(=O)c1ccc(-n2ccc(O)cc2=O)cc1. The number of benzene rings is 1. The summed E-state index contributed by atoms with van der Waals surface area (Å²) < 4.78 is 5.94. The minimum absolute atomic E-state index is 0.0811. The Bertz CT molecular complexity index is 628. The molecule has 0 aliphatic rings. The van der Waals surface area contributed by atoms with E-state index in [1.165, 1.54) is 23.9 Å². The van der Waals surface area contributed by atoms with Gasteiger partial charge in [0.05, 0.1) is 12.7 Å². The van der Waals surface area contributed by atoms with E-state index in [9.17, 15) is 9.59 Å². The van der Waals surface area contributed by atoms with Crippen molar-refractivity contribution < 1.29 is 14.6 Å². The van der Waals surface area contributed by atoms with Gasteiger partial charge in [-0.15, -0.1) is 0 Å². The zero-order valence-corrected chi connectivity index (χ0v) is 9.66. The van der Waals surface area contributed by atoms with Crippen LogP contribution >= 0.6 is 0 Å². The summed E-state index contributed by atoms with van der Waals surface area (Å²) in [5, 5.41) is 9.16. The summed E-state index contributed by atoms with van der Waals surface area (Å²) in [5.41, 5.74) is 0.668. The third-order valence-corrected chi connectivity index (χ3v) is 2.47. The molecule has 0 aliphatic heterocycles. The monoisotopic (exact) mass is 245 g/mol. The summed E-state index contributed by atoms with van der Waals surface area (Å²) in [6.07, 6.45) is 1.46. The summed E-state index contributed by atoms with van der Waals surface area (Å²) in [7, 11) is 1.31. The van der Waals surface area contributed by atoms with E-state index in [1.807, 2.05) is 0 Å². The first-order valence-electron chi connectivity index (χ1n) is 5.22. The first-order valence-corrected chi connectivity index (χ1v) is 5.22. The molecular formula is C13H11NO4. The van der Waals surface area contributed by atoms with Crippen molar-refractivity contribution in [3.05, 3.63) is 58.5 Å². The zero-order chi connectivity index (χ0) is 13.1. The topological polar surface area (TPSA) is 68.5 Å². The summed E-state index contributed by atoms with van der Waals surface area (Å²) in [4.78, 5) is 22.9. The smallest absolute Gasteiger partial charge is 0.337 e. The maximum Gasteiger partial charge on any atom is 0.337 e. The number of carbonyl (C=O) groups is 1. The molecule has 5 heteroatoms. The predicted molar refractivity (Wildman–Crippen MR) is 65.0 cm³/mol. The van der Waals surface area contributed by atoms with Crippen LogP contribution < -0.4 is 5.56 Å². The van der Waals surface area contributed by atoms with E-state index in [4.69, 9.17) is 5.11 Å². The molecule has 18 heavy (non-hydrogen) atoms. The standard InChI is InChI=1S/C13H11NO4/c1-18-13(17)9-2-4-10(5-3-9)14-7-6-11(15)8-12(14)16/h2-8,15H,1H3. The highest BCUT2D eigenvalue weighted by Gasteiger charge is 2.05. The molecule has 1 aromatic heterocycles. The van der Waals surface area contributed by atoms with Gasteiger partial charge in [-0.05, 0) is 30.3 Å². The first kappa shape index (κ1) is 11.9. The van der Waals surface area contributed by atoms with Gasteiger partial charge in [0.25, 0.3) is 5.56 Å². The van der Waals surface area contributed by atoms with E-state index >= 15 is 0 Å². The first-order chi connectivity index (χ1) is 8.61. The van der Waals surface area contributed by atoms with Gasteiger partial charge in [0.1, 0.15) is 5.75 Å². The second-order valence-electron chi connectivity index (χ2n) is 3.63. The molecule has 0 fully saturated rings. The van der Waals surface area contributed by atoms with E-state index in [1.54, 1.807) is 24.3 Å². The van der Waals surface area contributed by atoms with Gasteiger partial charge < -0.3 is 9.84 Å². The minimum atomic E-state index is -0.431. The fraction of sp³-hybridized carbons (Fsp3) is 0.0769. The Labute approximate surface area is 103 Å². The third-order valence-electron chi connectivity index (χ3n) is 2.47. The number of hydrogen-bond donors (Lipinski definition) is 1.